The number of hydrogen-bond acceptors (Lipinski definition) is 0. The predicted octanol–water partition coefficient (Wildman–Crippen LogP) is 10.4. The molecule has 0 unspecified atom stereocenters. The fraction of sp³-hybridized carbons (Fsp3) is 0.600. The summed E-state index contributed by atoms with van der Waals surface area (Å²) in [7, 11) is 0. The van der Waals surface area contributed by atoms with E-state index in [-0.39, 0.29) is 0 Å². The Morgan fingerprint density at radius 1 is 0.200 bits per heavy atom. The molecule has 1 rings (SSSR count). The Bertz CT molecular complexity index is 464. The van der Waals surface area contributed by atoms with E-state index in [1.807, 2.05) is 0 Å². The van der Waals surface area contributed by atoms with Crippen molar-refractivity contribution >= 4 is 0 Å². The maximum absolute atomic E-state index is 2.30. The van der Waals surface area contributed by atoms with Crippen LogP contribution < -0.4 is 0 Å². The zero-order valence-electron chi connectivity index (χ0n) is 19.7. The summed E-state index contributed by atoms with van der Waals surface area (Å²) in [5.74, 6) is 0. The highest BCUT2D eigenvalue weighted by Gasteiger charge is 1.94. The van der Waals surface area contributed by atoms with Crippen LogP contribution in [0.1, 0.15) is 116 Å². The molecule has 30 heavy (non-hydrogen) atoms. The van der Waals surface area contributed by atoms with Gasteiger partial charge < -0.3 is 0 Å². The molecule has 0 spiro atoms. The van der Waals surface area contributed by atoms with Crippen molar-refractivity contribution in [3.63, 3.8) is 0 Å². The second-order valence-corrected chi connectivity index (χ2v) is 8.63. The molecule has 0 amide bonds. The second-order valence-electron chi connectivity index (χ2n) is 8.63. The van der Waals surface area contributed by atoms with E-state index in [4.69, 9.17) is 0 Å². The van der Waals surface area contributed by atoms with Crippen LogP contribution in [0.2, 0.25) is 0 Å². The van der Waals surface area contributed by atoms with Crippen molar-refractivity contribution in [1.29, 1.82) is 0 Å². The van der Waals surface area contributed by atoms with E-state index < -0.39 is 0 Å². The van der Waals surface area contributed by atoms with E-state index >= 15 is 0 Å². The lowest BCUT2D eigenvalue weighted by molar-refractivity contribution is 0.528. The molecule has 0 bridgehead atoms. The van der Waals surface area contributed by atoms with Gasteiger partial charge in [0.1, 0.15) is 0 Å². The quantitative estimate of drug-likeness (QED) is 0.374. The first kappa shape index (κ1) is 26.5. The van der Waals surface area contributed by atoms with Gasteiger partial charge in [-0.2, -0.15) is 0 Å². The number of allylic oxidation sites excluding steroid dienone is 12. The Labute approximate surface area is 188 Å². The summed E-state index contributed by atoms with van der Waals surface area (Å²) in [6.07, 6.45) is 51.0. The summed E-state index contributed by atoms with van der Waals surface area (Å²) in [5.41, 5.74) is 0. The van der Waals surface area contributed by atoms with E-state index in [1.165, 1.54) is 116 Å². The van der Waals surface area contributed by atoms with Crippen molar-refractivity contribution < 1.29 is 0 Å². The first-order valence-corrected chi connectivity index (χ1v) is 13.0. The van der Waals surface area contributed by atoms with Crippen molar-refractivity contribution in [2.45, 2.75) is 116 Å². The van der Waals surface area contributed by atoms with Gasteiger partial charge in [0.25, 0.3) is 0 Å². The van der Waals surface area contributed by atoms with Crippen LogP contribution in [0.3, 0.4) is 0 Å². The molecule has 0 saturated carbocycles. The Hall–Kier alpha value is -1.56. The summed E-state index contributed by atoms with van der Waals surface area (Å²) in [6.45, 7) is 0. The van der Waals surface area contributed by atoms with Crippen molar-refractivity contribution in [3.05, 3.63) is 72.9 Å². The maximum atomic E-state index is 2.30. The minimum absolute atomic E-state index is 1.21. The summed E-state index contributed by atoms with van der Waals surface area (Å²) in [6, 6.07) is 0. The molecule has 0 aromatic carbocycles. The largest absolute Gasteiger partial charge is 0.0845 e. The minimum Gasteiger partial charge on any atom is -0.0845 e. The third-order valence-electron chi connectivity index (χ3n) is 5.76. The fourth-order valence-corrected chi connectivity index (χ4v) is 3.86. The van der Waals surface area contributed by atoms with Crippen LogP contribution in [0.4, 0.5) is 0 Å². The Morgan fingerprint density at radius 2 is 0.400 bits per heavy atom. The molecule has 0 nitrogen and oxygen atoms in total. The molecule has 0 radical (unpaired) electrons. The highest BCUT2D eigenvalue weighted by atomic mass is 14.0. The van der Waals surface area contributed by atoms with E-state index in [0.717, 1.165) is 0 Å². The molecule has 1 aliphatic rings. The topological polar surface area (TPSA) is 0 Å². The van der Waals surface area contributed by atoms with Crippen molar-refractivity contribution in [1.82, 2.24) is 0 Å². The zero-order valence-corrected chi connectivity index (χ0v) is 19.7. The summed E-state index contributed by atoms with van der Waals surface area (Å²) in [4.78, 5) is 0. The van der Waals surface area contributed by atoms with Crippen LogP contribution in [-0.4, -0.2) is 0 Å². The summed E-state index contributed by atoms with van der Waals surface area (Å²) in [5, 5.41) is 0. The first-order chi connectivity index (χ1) is 15.0. The predicted molar refractivity (Wildman–Crippen MR) is 138 cm³/mol. The van der Waals surface area contributed by atoms with Crippen LogP contribution >= 0.6 is 0 Å². The van der Waals surface area contributed by atoms with Crippen molar-refractivity contribution in [3.8, 4) is 0 Å². The summed E-state index contributed by atoms with van der Waals surface area (Å²) < 4.78 is 0. The van der Waals surface area contributed by atoms with Gasteiger partial charge in [-0.15, -0.1) is 0 Å². The van der Waals surface area contributed by atoms with E-state index in [0.29, 0.717) is 0 Å². The molecule has 0 atom stereocenters. The van der Waals surface area contributed by atoms with Crippen LogP contribution in [0.5, 0.6) is 0 Å². The van der Waals surface area contributed by atoms with Gasteiger partial charge in [-0.3, -0.25) is 0 Å². The molecule has 0 aromatic rings. The zero-order chi connectivity index (χ0) is 21.2. The first-order valence-electron chi connectivity index (χ1n) is 13.0. The van der Waals surface area contributed by atoms with E-state index in [9.17, 15) is 0 Å². The molecule has 0 saturated heterocycles. The third kappa shape index (κ3) is 21.2. The smallest absolute Gasteiger partial charge is 0.0348 e. The normalized spacial score (nSPS) is 26.1. The molecule has 1 aliphatic carbocycles. The molecule has 0 aromatic heterocycles. The molecule has 168 valence electrons. The SMILES string of the molecule is C1=CCCCCCCCCCCCCCCCCCC/C=C/C=C/C=C/C=C\C=C\1. The molecular formula is C30H48. The standard InChI is InChI=1S/C30H48/c1-2-4-6-8-10-12-14-16-18-20-22-24-26-28-30-29-27-25-23-21-19-17-15-13-11-9-7-5-3-1/h1-12H,13-30H2/b3-1-,4-2+,7-5+,8-6+,11-9?,12-10+. The monoisotopic (exact) mass is 408 g/mol. The van der Waals surface area contributed by atoms with Gasteiger partial charge >= 0.3 is 0 Å². The van der Waals surface area contributed by atoms with Crippen LogP contribution in [0.25, 0.3) is 0 Å². The van der Waals surface area contributed by atoms with Gasteiger partial charge in [-0.1, -0.05) is 163 Å². The molecule has 0 aliphatic heterocycles. The van der Waals surface area contributed by atoms with E-state index in [2.05, 4.69) is 72.9 Å². The van der Waals surface area contributed by atoms with Crippen LogP contribution in [0.15, 0.2) is 72.9 Å². The lowest BCUT2D eigenvalue weighted by Gasteiger charge is -2.03. The van der Waals surface area contributed by atoms with Gasteiger partial charge in [0, 0.05) is 0 Å². The Morgan fingerprint density at radius 3 is 0.667 bits per heavy atom. The molecular weight excluding hydrogens is 360 g/mol. The fourth-order valence-electron chi connectivity index (χ4n) is 3.86. The minimum atomic E-state index is 1.21. The maximum Gasteiger partial charge on any atom is -0.0348 e. The molecule has 0 heteroatoms. The van der Waals surface area contributed by atoms with Crippen molar-refractivity contribution in [2.75, 3.05) is 0 Å². The number of hydrogen-bond donors (Lipinski definition) is 0. The average molecular weight is 409 g/mol. The highest BCUT2D eigenvalue weighted by molar-refractivity contribution is 5.19. The average Bonchev–Trinajstić information content (AvgIpc) is 2.76. The Kier molecular flexibility index (Phi) is 20.9. The molecule has 0 N–H and O–H groups in total. The lowest BCUT2D eigenvalue weighted by atomic mass is 10.0. The summed E-state index contributed by atoms with van der Waals surface area (Å²) >= 11 is 0. The van der Waals surface area contributed by atoms with E-state index in [1.54, 1.807) is 0 Å². The van der Waals surface area contributed by atoms with Crippen LogP contribution in [-0.2, 0) is 0 Å². The second kappa shape index (κ2) is 23.7. The van der Waals surface area contributed by atoms with Gasteiger partial charge in [0.15, 0.2) is 0 Å². The highest BCUT2D eigenvalue weighted by Crippen LogP contribution is 2.14. The van der Waals surface area contributed by atoms with Gasteiger partial charge in [-0.25, -0.2) is 0 Å². The third-order valence-corrected chi connectivity index (χ3v) is 5.76. The molecule has 0 heterocycles. The van der Waals surface area contributed by atoms with Gasteiger partial charge in [-0.05, 0) is 25.7 Å². The Balaban J connectivity index is 2.24. The van der Waals surface area contributed by atoms with Gasteiger partial charge in [0.05, 0.1) is 0 Å². The number of rotatable bonds is 0. The van der Waals surface area contributed by atoms with Gasteiger partial charge in [0.2, 0.25) is 0 Å². The lowest BCUT2D eigenvalue weighted by Crippen LogP contribution is -1.83. The molecule has 0 fully saturated rings. The van der Waals surface area contributed by atoms with Crippen LogP contribution in [0, 0.1) is 0 Å². The van der Waals surface area contributed by atoms with Crippen molar-refractivity contribution in [2.24, 2.45) is 0 Å².